The van der Waals surface area contributed by atoms with E-state index in [1.807, 2.05) is 0 Å². The number of sulfonamides is 1. The number of benzene rings is 2. The quantitative estimate of drug-likeness (QED) is 0.634. The van der Waals surface area contributed by atoms with Gasteiger partial charge in [0.05, 0.1) is 19.5 Å². The number of hydrogen-bond acceptors (Lipinski definition) is 4. The van der Waals surface area contributed by atoms with Crippen LogP contribution in [-0.4, -0.2) is 56.3 Å². The van der Waals surface area contributed by atoms with Gasteiger partial charge in [-0.3, -0.25) is 4.79 Å². The molecule has 1 N–H and O–H groups in total. The van der Waals surface area contributed by atoms with E-state index < -0.39 is 81.3 Å². The number of ether oxygens (including phenoxy) is 1. The first-order chi connectivity index (χ1) is 18.3. The Morgan fingerprint density at radius 3 is 2.56 bits per heavy atom. The number of nitrogens with zero attached hydrogens (tertiary/aromatic N) is 1. The largest absolute Gasteiger partial charge is 0.368 e. The van der Waals surface area contributed by atoms with Crippen LogP contribution in [0.25, 0.3) is 11.1 Å². The minimum atomic E-state index is -5.04. The fourth-order valence-electron chi connectivity index (χ4n) is 4.83. The molecule has 1 unspecified atom stereocenters. The monoisotopic (exact) mass is 499 g/mol. The van der Waals surface area contributed by atoms with Crippen LogP contribution in [0, 0.1) is 11.2 Å². The van der Waals surface area contributed by atoms with Gasteiger partial charge < -0.3 is 9.64 Å². The zero-order valence-electron chi connectivity index (χ0n) is 22.9. The van der Waals surface area contributed by atoms with Crippen molar-refractivity contribution in [3.8, 4) is 11.1 Å². The van der Waals surface area contributed by atoms with Gasteiger partial charge in [0.2, 0.25) is 0 Å². The molecule has 2 aromatic carbocycles. The van der Waals surface area contributed by atoms with Crippen LogP contribution < -0.4 is 4.72 Å². The second kappa shape index (κ2) is 8.66. The molecule has 1 spiro atoms. The second-order valence-electron chi connectivity index (χ2n) is 8.93. The summed E-state index contributed by atoms with van der Waals surface area (Å²) in [5, 5.41) is 0. The topological polar surface area (TPSA) is 75.7 Å². The van der Waals surface area contributed by atoms with Crippen LogP contribution in [0.15, 0.2) is 48.4 Å². The maximum atomic E-state index is 16.0. The maximum Gasteiger partial charge on any atom is 0.350 e. The van der Waals surface area contributed by atoms with Crippen LogP contribution in [0.5, 0.6) is 0 Å². The predicted octanol–water partition coefficient (Wildman–Crippen LogP) is 3.33. The van der Waals surface area contributed by atoms with Crippen molar-refractivity contribution in [3.05, 3.63) is 59.8 Å². The van der Waals surface area contributed by atoms with E-state index in [1.165, 1.54) is 23.1 Å². The van der Waals surface area contributed by atoms with Gasteiger partial charge >= 0.3 is 5.76 Å². The van der Waals surface area contributed by atoms with Crippen molar-refractivity contribution < 1.29 is 38.0 Å². The van der Waals surface area contributed by atoms with Crippen molar-refractivity contribution in [1.29, 1.82) is 0 Å². The van der Waals surface area contributed by atoms with Gasteiger partial charge in [-0.15, -0.1) is 0 Å². The molecule has 3 atom stereocenters. The lowest BCUT2D eigenvalue weighted by molar-refractivity contribution is -0.157. The average molecular weight is 500 g/mol. The van der Waals surface area contributed by atoms with E-state index in [4.69, 9.17) is 11.6 Å². The Kier molecular flexibility index (Phi) is 4.56. The van der Waals surface area contributed by atoms with Crippen LogP contribution in [-0.2, 0) is 26.0 Å². The lowest BCUT2D eigenvalue weighted by Gasteiger charge is -2.34. The van der Waals surface area contributed by atoms with Crippen LogP contribution in [0.1, 0.15) is 31.7 Å². The van der Waals surface area contributed by atoms with E-state index in [1.54, 1.807) is 0 Å². The van der Waals surface area contributed by atoms with Crippen molar-refractivity contribution in [2.24, 2.45) is 5.41 Å². The highest BCUT2D eigenvalue weighted by atomic mass is 32.2. The summed E-state index contributed by atoms with van der Waals surface area (Å²) in [6, 6.07) is -1.20. The summed E-state index contributed by atoms with van der Waals surface area (Å²) < 4.78 is 114. The summed E-state index contributed by atoms with van der Waals surface area (Å²) in [6.45, 7) is 0.466. The number of nitrogens with one attached hydrogen (secondary N) is 1. The smallest absolute Gasteiger partial charge is 0.350 e. The molecule has 2 saturated heterocycles. The van der Waals surface area contributed by atoms with Gasteiger partial charge in [-0.25, -0.2) is 17.5 Å². The van der Waals surface area contributed by atoms with Gasteiger partial charge in [-0.1, -0.05) is 48.4 Å². The SMILES string of the molecule is [2H]c1c([2H])c([2H])c(-c2cccc(C[C@H]3[C@@H](NS(=O)(=O)C(F)F)C4(CC4)CN3C(=O)C3CCO3)c2F)c([2H])c1[2H]. The number of alkyl halides is 2. The van der Waals surface area contributed by atoms with E-state index >= 15 is 4.39 Å². The molecule has 34 heavy (non-hydrogen) atoms. The van der Waals surface area contributed by atoms with Crippen molar-refractivity contribution in [1.82, 2.24) is 9.62 Å². The molecule has 0 radical (unpaired) electrons. The molecule has 1 saturated carbocycles. The molecule has 2 aromatic rings. The number of rotatable bonds is 7. The van der Waals surface area contributed by atoms with E-state index in [0.29, 0.717) is 25.9 Å². The Morgan fingerprint density at radius 2 is 1.97 bits per heavy atom. The fraction of sp³-hybridized carbons (Fsp3) is 0.458. The standard InChI is InChI=1S/C24H25F3N2O4S/c25-20-16(7-4-8-17(20)15-5-2-1-3-6-15)13-18-21(28-34(31,32)23(26)27)24(10-11-24)14-29(18)22(30)19-9-12-33-19/h1-8,18-19,21,23,28H,9-14H2/t18-,19?,21+/m0/s1/i1D,2D,3D,5D,6D. The Hall–Kier alpha value is -2.43. The summed E-state index contributed by atoms with van der Waals surface area (Å²) in [7, 11) is -5.04. The molecule has 3 aliphatic rings. The fourth-order valence-corrected chi connectivity index (χ4v) is 5.69. The van der Waals surface area contributed by atoms with Crippen LogP contribution >= 0.6 is 0 Å². The molecule has 182 valence electrons. The number of likely N-dealkylation sites (tertiary alicyclic amines) is 1. The first-order valence-electron chi connectivity index (χ1n) is 13.3. The Morgan fingerprint density at radius 1 is 1.26 bits per heavy atom. The van der Waals surface area contributed by atoms with Crippen molar-refractivity contribution >= 4 is 15.9 Å². The molecule has 2 aliphatic heterocycles. The van der Waals surface area contributed by atoms with Crippen LogP contribution in [0.3, 0.4) is 0 Å². The number of halogens is 3. The zero-order chi connectivity index (χ0) is 28.4. The number of hydrogen-bond donors (Lipinski definition) is 1. The molecule has 3 fully saturated rings. The Bertz CT molecular complexity index is 1420. The van der Waals surface area contributed by atoms with Crippen molar-refractivity contribution in [2.45, 2.75) is 49.6 Å². The molecule has 1 aliphatic carbocycles. The van der Waals surface area contributed by atoms with Gasteiger partial charge in [0.25, 0.3) is 15.9 Å². The summed E-state index contributed by atoms with van der Waals surface area (Å²) in [4.78, 5) is 14.6. The second-order valence-corrected chi connectivity index (χ2v) is 10.6. The van der Waals surface area contributed by atoms with Crippen LogP contribution in [0.2, 0.25) is 0 Å². The first-order valence-corrected chi connectivity index (χ1v) is 12.4. The predicted molar refractivity (Wildman–Crippen MR) is 119 cm³/mol. The van der Waals surface area contributed by atoms with E-state index in [2.05, 4.69) is 4.72 Å². The summed E-state index contributed by atoms with van der Waals surface area (Å²) >= 11 is 0. The van der Waals surface area contributed by atoms with E-state index in [-0.39, 0.29) is 29.7 Å². The molecule has 6 nitrogen and oxygen atoms in total. The third kappa shape index (κ3) is 4.12. The summed E-state index contributed by atoms with van der Waals surface area (Å²) in [5.74, 6) is -5.05. The molecular formula is C24H25F3N2O4S. The number of amides is 1. The lowest BCUT2D eigenvalue weighted by Crippen LogP contribution is -2.53. The first kappa shape index (κ1) is 17.9. The molecule has 1 amide bonds. The van der Waals surface area contributed by atoms with Gasteiger partial charge in [0, 0.05) is 30.0 Å². The Balaban J connectivity index is 1.57. The van der Waals surface area contributed by atoms with Crippen LogP contribution in [0.4, 0.5) is 13.2 Å². The average Bonchev–Trinajstić information content (AvgIpc) is 3.57. The molecule has 5 rings (SSSR count). The van der Waals surface area contributed by atoms with Crippen molar-refractivity contribution in [3.63, 3.8) is 0 Å². The number of carbonyl (C=O) groups excluding carboxylic acids is 1. The highest BCUT2D eigenvalue weighted by Gasteiger charge is 2.62. The minimum absolute atomic E-state index is 0.0319. The third-order valence-corrected chi connectivity index (χ3v) is 7.93. The third-order valence-electron chi connectivity index (χ3n) is 6.88. The maximum absolute atomic E-state index is 16.0. The highest BCUT2D eigenvalue weighted by Crippen LogP contribution is 2.56. The Labute approximate surface area is 203 Å². The van der Waals surface area contributed by atoms with Gasteiger partial charge in [0.1, 0.15) is 11.9 Å². The molecular weight excluding hydrogens is 469 g/mol. The molecule has 10 heteroatoms. The summed E-state index contributed by atoms with van der Waals surface area (Å²) in [5.41, 5.74) is -1.42. The van der Waals surface area contributed by atoms with E-state index in [9.17, 15) is 22.0 Å². The minimum Gasteiger partial charge on any atom is -0.368 e. The van der Waals surface area contributed by atoms with E-state index in [0.717, 1.165) is 0 Å². The normalized spacial score (nSPS) is 27.6. The zero-order valence-corrected chi connectivity index (χ0v) is 18.7. The van der Waals surface area contributed by atoms with Gasteiger partial charge in [-0.2, -0.15) is 8.78 Å². The van der Waals surface area contributed by atoms with Crippen molar-refractivity contribution in [2.75, 3.05) is 13.2 Å². The summed E-state index contributed by atoms with van der Waals surface area (Å²) in [6.07, 6.45) is 0.396. The molecule has 0 bridgehead atoms. The number of carbonyl (C=O) groups is 1. The lowest BCUT2D eigenvalue weighted by atomic mass is 9.91. The highest BCUT2D eigenvalue weighted by molar-refractivity contribution is 7.89. The molecule has 0 aromatic heterocycles. The van der Waals surface area contributed by atoms with Gasteiger partial charge in [0.15, 0.2) is 0 Å². The van der Waals surface area contributed by atoms with Gasteiger partial charge in [-0.05, 0) is 30.4 Å². The molecule has 2 heterocycles.